The number of carbonyl (C=O) groups is 1. The van der Waals surface area contributed by atoms with E-state index in [1.807, 2.05) is 6.07 Å². The van der Waals surface area contributed by atoms with Crippen LogP contribution in [0.1, 0.15) is 12.5 Å². The van der Waals surface area contributed by atoms with Crippen molar-refractivity contribution in [1.82, 2.24) is 0 Å². The first-order valence-corrected chi connectivity index (χ1v) is 8.40. The summed E-state index contributed by atoms with van der Waals surface area (Å²) in [4.78, 5) is 12.1. The molecule has 2 rings (SSSR count). The highest BCUT2D eigenvalue weighted by molar-refractivity contribution is 7.85. The highest BCUT2D eigenvalue weighted by Crippen LogP contribution is 2.20. The average Bonchev–Trinajstić information content (AvgIpc) is 2.50. The van der Waals surface area contributed by atoms with E-state index in [2.05, 4.69) is 5.32 Å². The van der Waals surface area contributed by atoms with Crippen molar-refractivity contribution in [1.29, 1.82) is 0 Å². The van der Waals surface area contributed by atoms with E-state index in [0.717, 1.165) is 0 Å². The number of benzene rings is 2. The zero-order chi connectivity index (χ0) is 16.1. The Labute approximate surface area is 136 Å². The van der Waals surface area contributed by atoms with E-state index in [4.69, 9.17) is 11.6 Å². The summed E-state index contributed by atoms with van der Waals surface area (Å²) in [6, 6.07) is 12.9. The molecule has 6 heteroatoms. The Morgan fingerprint density at radius 1 is 1.27 bits per heavy atom. The van der Waals surface area contributed by atoms with E-state index in [0.29, 0.717) is 11.3 Å². The van der Waals surface area contributed by atoms with Gasteiger partial charge in [-0.1, -0.05) is 35.9 Å². The summed E-state index contributed by atoms with van der Waals surface area (Å²) in [7, 11) is -1.46. The van der Waals surface area contributed by atoms with Gasteiger partial charge in [0.1, 0.15) is 11.1 Å². The predicted octanol–water partition coefficient (Wildman–Crippen LogP) is 3.76. The van der Waals surface area contributed by atoms with Crippen molar-refractivity contribution in [2.24, 2.45) is 0 Å². The zero-order valence-electron chi connectivity index (χ0n) is 11.9. The van der Waals surface area contributed by atoms with Crippen LogP contribution >= 0.6 is 11.6 Å². The summed E-state index contributed by atoms with van der Waals surface area (Å²) in [6.45, 7) is 1.59. The molecular formula is C16H15ClFNO2S. The van der Waals surface area contributed by atoms with Crippen LogP contribution < -0.4 is 5.32 Å². The largest absolute Gasteiger partial charge is 0.325 e. The second kappa shape index (κ2) is 7.51. The Kier molecular flexibility index (Phi) is 5.69. The molecule has 1 amide bonds. The Bertz CT molecular complexity index is 694. The molecule has 0 aliphatic rings. The molecule has 0 spiro atoms. The molecule has 0 bridgehead atoms. The average molecular weight is 340 g/mol. The summed E-state index contributed by atoms with van der Waals surface area (Å²) in [5.41, 5.74) is 1.21. The highest BCUT2D eigenvalue weighted by atomic mass is 35.5. The molecule has 0 fully saturated rings. The summed E-state index contributed by atoms with van der Waals surface area (Å²) in [6.07, 6.45) is 0. The standard InChI is InChI=1S/C16H15ClFNO2S/c1-11(16(20)19-14-5-3-2-4-6-14)22(21)10-12-7-8-13(18)9-15(12)17/h2-9,11H,10H2,1H3,(H,19,20)/t11-,22+/m0/s1. The molecule has 22 heavy (non-hydrogen) atoms. The number of hydrogen-bond acceptors (Lipinski definition) is 2. The lowest BCUT2D eigenvalue weighted by Crippen LogP contribution is -2.29. The van der Waals surface area contributed by atoms with Gasteiger partial charge in [-0.05, 0) is 36.8 Å². The number of anilines is 1. The van der Waals surface area contributed by atoms with Crippen LogP contribution in [0.3, 0.4) is 0 Å². The molecule has 2 atom stereocenters. The summed E-state index contributed by atoms with van der Waals surface area (Å²) < 4.78 is 25.3. The van der Waals surface area contributed by atoms with Crippen molar-refractivity contribution in [3.63, 3.8) is 0 Å². The SMILES string of the molecule is C[C@@H](C(=O)Nc1ccccc1)[S@](=O)Cc1ccc(F)cc1Cl. The van der Waals surface area contributed by atoms with Crippen LogP contribution in [0.15, 0.2) is 48.5 Å². The normalized spacial score (nSPS) is 13.4. The van der Waals surface area contributed by atoms with E-state index in [1.54, 1.807) is 31.2 Å². The molecule has 0 saturated heterocycles. The Balaban J connectivity index is 2.01. The van der Waals surface area contributed by atoms with Crippen LogP contribution in [0.25, 0.3) is 0 Å². The van der Waals surface area contributed by atoms with Crippen LogP contribution in [0.2, 0.25) is 5.02 Å². The lowest BCUT2D eigenvalue weighted by Gasteiger charge is -2.13. The first kappa shape index (κ1) is 16.6. The quantitative estimate of drug-likeness (QED) is 0.901. The molecule has 0 unspecified atom stereocenters. The minimum absolute atomic E-state index is 0.0997. The summed E-state index contributed by atoms with van der Waals surface area (Å²) in [5.74, 6) is -0.681. The van der Waals surface area contributed by atoms with Crippen molar-refractivity contribution in [3.05, 3.63) is 64.9 Å². The number of para-hydroxylation sites is 1. The van der Waals surface area contributed by atoms with Gasteiger partial charge in [-0.15, -0.1) is 0 Å². The van der Waals surface area contributed by atoms with Gasteiger partial charge in [0.25, 0.3) is 0 Å². The maximum atomic E-state index is 13.0. The Hall–Kier alpha value is -1.72. The minimum atomic E-state index is -1.46. The minimum Gasteiger partial charge on any atom is -0.325 e. The number of halogens is 2. The molecule has 0 aliphatic heterocycles. The van der Waals surface area contributed by atoms with Crippen molar-refractivity contribution < 1.29 is 13.4 Å². The fraction of sp³-hybridized carbons (Fsp3) is 0.188. The number of amides is 1. The lowest BCUT2D eigenvalue weighted by molar-refractivity contribution is -0.115. The van der Waals surface area contributed by atoms with Gasteiger partial charge >= 0.3 is 0 Å². The van der Waals surface area contributed by atoms with Crippen molar-refractivity contribution in [2.75, 3.05) is 5.32 Å². The molecule has 0 aromatic heterocycles. The van der Waals surface area contributed by atoms with Gasteiger partial charge in [0.15, 0.2) is 0 Å². The van der Waals surface area contributed by atoms with Crippen LogP contribution in [0, 0.1) is 5.82 Å². The molecule has 0 saturated carbocycles. The maximum Gasteiger partial charge on any atom is 0.239 e. The van der Waals surface area contributed by atoms with Gasteiger partial charge in [-0.3, -0.25) is 9.00 Å². The monoisotopic (exact) mass is 339 g/mol. The number of rotatable bonds is 5. The van der Waals surface area contributed by atoms with E-state index >= 15 is 0 Å². The van der Waals surface area contributed by atoms with E-state index in [9.17, 15) is 13.4 Å². The van der Waals surface area contributed by atoms with E-state index in [-0.39, 0.29) is 16.7 Å². The fourth-order valence-corrected chi connectivity index (χ4v) is 3.22. The molecule has 0 aliphatic carbocycles. The summed E-state index contributed by atoms with van der Waals surface area (Å²) in [5, 5.41) is 2.21. The predicted molar refractivity (Wildman–Crippen MR) is 87.8 cm³/mol. The number of nitrogens with one attached hydrogen (secondary N) is 1. The second-order valence-electron chi connectivity index (χ2n) is 4.76. The fourth-order valence-electron chi connectivity index (χ4n) is 1.80. The van der Waals surface area contributed by atoms with Crippen LogP contribution in [-0.2, 0) is 21.3 Å². The molecule has 0 heterocycles. The van der Waals surface area contributed by atoms with Crippen LogP contribution in [0.5, 0.6) is 0 Å². The van der Waals surface area contributed by atoms with Gasteiger partial charge in [-0.2, -0.15) is 0 Å². The molecule has 116 valence electrons. The van der Waals surface area contributed by atoms with Gasteiger partial charge in [-0.25, -0.2) is 4.39 Å². The molecule has 2 aromatic rings. The number of hydrogen-bond donors (Lipinski definition) is 1. The Morgan fingerprint density at radius 2 is 1.95 bits per heavy atom. The van der Waals surface area contributed by atoms with Gasteiger partial charge in [0.05, 0.1) is 5.75 Å². The second-order valence-corrected chi connectivity index (χ2v) is 6.92. The molecule has 2 aromatic carbocycles. The Morgan fingerprint density at radius 3 is 2.59 bits per heavy atom. The van der Waals surface area contributed by atoms with Gasteiger partial charge < -0.3 is 5.32 Å². The van der Waals surface area contributed by atoms with Crippen molar-refractivity contribution >= 4 is 34.0 Å². The molecule has 0 radical (unpaired) electrons. The van der Waals surface area contributed by atoms with Crippen molar-refractivity contribution in [2.45, 2.75) is 17.9 Å². The van der Waals surface area contributed by atoms with Gasteiger partial charge in [0, 0.05) is 21.5 Å². The van der Waals surface area contributed by atoms with Crippen LogP contribution in [-0.4, -0.2) is 15.4 Å². The highest BCUT2D eigenvalue weighted by Gasteiger charge is 2.21. The van der Waals surface area contributed by atoms with E-state index < -0.39 is 21.9 Å². The first-order chi connectivity index (χ1) is 10.5. The third-order valence-corrected chi connectivity index (χ3v) is 5.07. The van der Waals surface area contributed by atoms with Gasteiger partial charge in [0.2, 0.25) is 5.91 Å². The van der Waals surface area contributed by atoms with Crippen molar-refractivity contribution in [3.8, 4) is 0 Å². The smallest absolute Gasteiger partial charge is 0.239 e. The van der Waals surface area contributed by atoms with Crippen LogP contribution in [0.4, 0.5) is 10.1 Å². The summed E-state index contributed by atoms with van der Waals surface area (Å²) >= 11 is 5.91. The topological polar surface area (TPSA) is 46.2 Å². The molecular weight excluding hydrogens is 325 g/mol. The first-order valence-electron chi connectivity index (χ1n) is 6.64. The maximum absolute atomic E-state index is 13.0. The molecule has 3 nitrogen and oxygen atoms in total. The third-order valence-electron chi connectivity index (χ3n) is 3.12. The number of carbonyl (C=O) groups excluding carboxylic acids is 1. The zero-order valence-corrected chi connectivity index (χ0v) is 13.5. The van der Waals surface area contributed by atoms with E-state index in [1.165, 1.54) is 18.2 Å². The molecule has 1 N–H and O–H groups in total. The lowest BCUT2D eigenvalue weighted by atomic mass is 10.2. The third kappa shape index (κ3) is 4.39.